The molecule has 12 N–H and O–H groups in total. The monoisotopic (exact) mass is 1230 g/mol. The van der Waals surface area contributed by atoms with E-state index >= 15 is 0 Å². The van der Waals surface area contributed by atoms with E-state index in [4.69, 9.17) is 28.4 Å². The molecule has 3 saturated heterocycles. The number of allylic oxidation sites excluding steroid dienone is 15. The van der Waals surface area contributed by atoms with Crippen molar-refractivity contribution in [1.29, 1.82) is 0 Å². The van der Waals surface area contributed by atoms with E-state index in [-0.39, 0.29) is 18.9 Å². The number of rotatable bonds is 48. The first kappa shape index (κ1) is 78.0. The fraction of sp³-hybridized carbons (Fsp3) is 0.750. The van der Waals surface area contributed by atoms with Gasteiger partial charge >= 0.3 is 0 Å². The summed E-state index contributed by atoms with van der Waals surface area (Å²) < 4.78 is 34.2. The predicted octanol–water partition coefficient (Wildman–Crippen LogP) is 7.71. The SMILES string of the molecule is CC/C=C\C/C=C\C/C=C\C/C=C\C/C=C\C/C=C\C/C=C\CCCCCCCCCCCC(=O)NC(COC1OC(CO)C(OC2OC(CO)C(OC3OC(CO)C(O)C(O)C3O)C(O)C2O)C(O)C1O)C(O)/C=C/CCCCCCCCCCC. The van der Waals surface area contributed by atoms with Crippen LogP contribution in [-0.4, -0.2) is 193 Å². The number of hydrogen-bond donors (Lipinski definition) is 12. The molecule has 0 aromatic carbocycles. The largest absolute Gasteiger partial charge is 0.394 e. The molecule has 1 amide bonds. The molecule has 500 valence electrons. The molecule has 17 unspecified atom stereocenters. The summed E-state index contributed by atoms with van der Waals surface area (Å²) in [6, 6.07) is -0.981. The van der Waals surface area contributed by atoms with Gasteiger partial charge < -0.3 is 89.9 Å². The molecular weight excluding hydrogens is 1120 g/mol. The molecule has 3 aliphatic heterocycles. The minimum Gasteiger partial charge on any atom is -0.394 e. The molecule has 0 aliphatic carbocycles. The molecule has 0 spiro atoms. The van der Waals surface area contributed by atoms with Gasteiger partial charge in [0.25, 0.3) is 0 Å². The average Bonchev–Trinajstić information content (AvgIpc) is 3.71. The van der Waals surface area contributed by atoms with Crippen molar-refractivity contribution in [1.82, 2.24) is 5.32 Å². The quantitative estimate of drug-likeness (QED) is 0.0205. The van der Waals surface area contributed by atoms with Crippen molar-refractivity contribution >= 4 is 5.91 Å². The van der Waals surface area contributed by atoms with Crippen molar-refractivity contribution in [3.05, 3.63) is 97.2 Å². The fourth-order valence-corrected chi connectivity index (χ4v) is 10.5. The average molecular weight is 1230 g/mol. The highest BCUT2D eigenvalue weighted by Gasteiger charge is 2.53. The third-order valence-electron chi connectivity index (χ3n) is 15.9. The Morgan fingerprint density at radius 3 is 1.24 bits per heavy atom. The highest BCUT2D eigenvalue weighted by Crippen LogP contribution is 2.33. The van der Waals surface area contributed by atoms with Crippen LogP contribution in [0.25, 0.3) is 0 Å². The van der Waals surface area contributed by atoms with Crippen LogP contribution < -0.4 is 5.32 Å². The van der Waals surface area contributed by atoms with Crippen molar-refractivity contribution in [2.75, 3.05) is 26.4 Å². The number of unbranched alkanes of at least 4 members (excludes halogenated alkanes) is 18. The number of aliphatic hydroxyl groups excluding tert-OH is 11. The lowest BCUT2D eigenvalue weighted by molar-refractivity contribution is -0.379. The van der Waals surface area contributed by atoms with Crippen molar-refractivity contribution in [2.45, 2.75) is 298 Å². The molecule has 0 bridgehead atoms. The smallest absolute Gasteiger partial charge is 0.220 e. The highest BCUT2D eigenvalue weighted by atomic mass is 16.8. The second-order valence-electron chi connectivity index (χ2n) is 23.2. The van der Waals surface area contributed by atoms with E-state index in [9.17, 15) is 61.0 Å². The molecule has 19 heteroatoms. The van der Waals surface area contributed by atoms with Gasteiger partial charge in [0.15, 0.2) is 18.9 Å². The lowest BCUT2D eigenvalue weighted by Crippen LogP contribution is -2.66. The third-order valence-corrected chi connectivity index (χ3v) is 15.9. The number of amides is 1. The van der Waals surface area contributed by atoms with Gasteiger partial charge in [0.2, 0.25) is 5.91 Å². The topological polar surface area (TPSA) is 307 Å². The van der Waals surface area contributed by atoms with Crippen LogP contribution >= 0.6 is 0 Å². The lowest BCUT2D eigenvalue weighted by atomic mass is 9.96. The van der Waals surface area contributed by atoms with Crippen molar-refractivity contribution in [3.63, 3.8) is 0 Å². The summed E-state index contributed by atoms with van der Waals surface area (Å²) in [6.07, 6.45) is 36.8. The zero-order chi connectivity index (χ0) is 63.3. The Morgan fingerprint density at radius 1 is 0.425 bits per heavy atom. The van der Waals surface area contributed by atoms with Crippen LogP contribution in [0.1, 0.15) is 194 Å². The fourth-order valence-electron chi connectivity index (χ4n) is 10.5. The van der Waals surface area contributed by atoms with E-state index in [2.05, 4.69) is 104 Å². The molecule has 17 atom stereocenters. The molecular formula is C68H115NO18. The van der Waals surface area contributed by atoms with Gasteiger partial charge in [-0.25, -0.2) is 0 Å². The van der Waals surface area contributed by atoms with Gasteiger partial charge in [-0.2, -0.15) is 0 Å². The van der Waals surface area contributed by atoms with E-state index in [0.29, 0.717) is 6.42 Å². The lowest BCUT2D eigenvalue weighted by Gasteiger charge is -2.48. The van der Waals surface area contributed by atoms with E-state index < -0.39 is 124 Å². The van der Waals surface area contributed by atoms with Crippen molar-refractivity contribution in [3.8, 4) is 0 Å². The Balaban J connectivity index is 1.39. The maximum atomic E-state index is 13.3. The van der Waals surface area contributed by atoms with Crippen LogP contribution in [0.3, 0.4) is 0 Å². The first-order chi connectivity index (χ1) is 42.3. The van der Waals surface area contributed by atoms with Gasteiger partial charge in [0.05, 0.1) is 38.6 Å². The Morgan fingerprint density at radius 2 is 0.793 bits per heavy atom. The summed E-state index contributed by atoms with van der Waals surface area (Å²) in [5, 5.41) is 120. The summed E-state index contributed by atoms with van der Waals surface area (Å²) in [7, 11) is 0. The van der Waals surface area contributed by atoms with Crippen LogP contribution in [0.15, 0.2) is 97.2 Å². The summed E-state index contributed by atoms with van der Waals surface area (Å²) >= 11 is 0. The maximum absolute atomic E-state index is 13.3. The first-order valence-electron chi connectivity index (χ1n) is 33.0. The number of hydrogen-bond acceptors (Lipinski definition) is 18. The molecule has 0 aromatic rings. The van der Waals surface area contributed by atoms with E-state index in [1.165, 1.54) is 64.2 Å². The van der Waals surface area contributed by atoms with Gasteiger partial charge in [0.1, 0.15) is 73.2 Å². The van der Waals surface area contributed by atoms with E-state index in [1.54, 1.807) is 6.08 Å². The molecule has 0 aromatic heterocycles. The second-order valence-corrected chi connectivity index (χ2v) is 23.2. The minimum absolute atomic E-state index is 0.230. The third kappa shape index (κ3) is 32.0. The Labute approximate surface area is 520 Å². The molecule has 3 fully saturated rings. The number of ether oxygens (including phenoxy) is 6. The summed E-state index contributed by atoms with van der Waals surface area (Å²) in [5.74, 6) is -0.288. The first-order valence-corrected chi connectivity index (χ1v) is 33.0. The molecule has 19 nitrogen and oxygen atoms in total. The van der Waals surface area contributed by atoms with Crippen molar-refractivity contribution in [2.24, 2.45) is 0 Å². The molecule has 3 heterocycles. The number of nitrogens with one attached hydrogen (secondary N) is 1. The summed E-state index contributed by atoms with van der Waals surface area (Å²) in [5.41, 5.74) is 0. The normalized spacial score (nSPS) is 29.2. The molecule has 87 heavy (non-hydrogen) atoms. The van der Waals surface area contributed by atoms with Gasteiger partial charge in [-0.3, -0.25) is 4.79 Å². The van der Waals surface area contributed by atoms with Gasteiger partial charge in [-0.1, -0.05) is 207 Å². The van der Waals surface area contributed by atoms with Crippen LogP contribution in [0.2, 0.25) is 0 Å². The Bertz CT molecular complexity index is 1960. The standard InChI is InChI=1S/C68H115NO18/c1-3-5-7-9-11-13-15-16-17-18-19-20-21-22-23-24-25-26-27-28-29-30-31-32-33-34-36-38-40-42-44-46-56(74)69-51(52(73)45-43-41-39-37-35-14-12-10-8-6-4-2)50-82-66-62(80)59(77)64(54(48-71)84-66)87-68-63(81)60(78)65(55(49-72)85-68)86-67-61(79)58(76)57(75)53(47-70)83-67/h5,7,11,13,16-17,19-20,22-23,25-26,28-29,43,45,51-55,57-68,70-73,75-81H,3-4,6,8-10,12,14-15,18,21,24,27,30-42,44,46-50H2,1-2H3,(H,69,74)/b7-5-,13-11-,17-16-,20-19-,23-22-,26-25-,29-28-,45-43+. The zero-order valence-corrected chi connectivity index (χ0v) is 52.5. The van der Waals surface area contributed by atoms with Crippen LogP contribution in [0.4, 0.5) is 0 Å². The van der Waals surface area contributed by atoms with Crippen molar-refractivity contribution < 1.29 is 89.4 Å². The summed E-state index contributed by atoms with van der Waals surface area (Å²) in [6.45, 7) is 1.56. The highest BCUT2D eigenvalue weighted by molar-refractivity contribution is 5.76. The summed E-state index contributed by atoms with van der Waals surface area (Å²) in [4.78, 5) is 13.3. The zero-order valence-electron chi connectivity index (χ0n) is 52.5. The molecule has 0 radical (unpaired) electrons. The van der Waals surface area contributed by atoms with Crippen LogP contribution in [0.5, 0.6) is 0 Å². The van der Waals surface area contributed by atoms with E-state index in [1.807, 2.05) is 6.08 Å². The second kappa shape index (κ2) is 49.4. The number of carbonyl (C=O) groups excluding carboxylic acids is 1. The van der Waals surface area contributed by atoms with Gasteiger partial charge in [0, 0.05) is 6.42 Å². The van der Waals surface area contributed by atoms with Crippen LogP contribution in [-0.2, 0) is 33.2 Å². The van der Waals surface area contributed by atoms with Crippen LogP contribution in [0, 0.1) is 0 Å². The Hall–Kier alpha value is -3.29. The molecule has 0 saturated carbocycles. The number of carbonyl (C=O) groups is 1. The Kier molecular flexibility index (Phi) is 44.3. The van der Waals surface area contributed by atoms with Gasteiger partial charge in [-0.05, 0) is 77.0 Å². The molecule has 3 aliphatic rings. The predicted molar refractivity (Wildman–Crippen MR) is 337 cm³/mol. The minimum atomic E-state index is -1.98. The number of aliphatic hydroxyl groups is 11. The van der Waals surface area contributed by atoms with E-state index in [0.717, 1.165) is 103 Å². The van der Waals surface area contributed by atoms with Gasteiger partial charge in [-0.15, -0.1) is 0 Å². The molecule has 3 rings (SSSR count). The maximum Gasteiger partial charge on any atom is 0.220 e.